The van der Waals surface area contributed by atoms with Crippen LogP contribution in [0.1, 0.15) is 11.6 Å². The number of hydrogen-bond acceptors (Lipinski definition) is 4. The maximum absolute atomic E-state index is 13.0. The number of hydrogen-bond donors (Lipinski definition) is 3. The molecule has 162 valence electrons. The number of carbonyl (C=O) groups excluding carboxylic acids is 3. The highest BCUT2D eigenvalue weighted by atomic mass is 16.6. The fourth-order valence-corrected chi connectivity index (χ4v) is 3.36. The molecule has 1 aliphatic heterocycles. The van der Waals surface area contributed by atoms with Crippen LogP contribution in [0.2, 0.25) is 0 Å². The molecular formula is C24H22N4O4. The smallest absolute Gasteiger partial charge is 0.414 e. The van der Waals surface area contributed by atoms with Crippen LogP contribution in [0.3, 0.4) is 0 Å². The zero-order valence-corrected chi connectivity index (χ0v) is 17.2. The molecule has 8 heteroatoms. The van der Waals surface area contributed by atoms with Crippen molar-refractivity contribution in [2.75, 3.05) is 28.7 Å². The normalized spacial score (nSPS) is 13.8. The first-order valence-corrected chi connectivity index (χ1v) is 10.1. The van der Waals surface area contributed by atoms with Gasteiger partial charge in [-0.2, -0.15) is 0 Å². The third-order valence-electron chi connectivity index (χ3n) is 4.89. The van der Waals surface area contributed by atoms with Gasteiger partial charge in [0.25, 0.3) is 5.91 Å². The molecule has 1 aliphatic rings. The Balaban J connectivity index is 1.48. The van der Waals surface area contributed by atoms with Gasteiger partial charge in [0.05, 0.1) is 6.54 Å². The number of carbonyl (C=O) groups is 3. The molecular weight excluding hydrogens is 408 g/mol. The summed E-state index contributed by atoms with van der Waals surface area (Å²) in [6.07, 6.45) is -0.423. The molecule has 0 bridgehead atoms. The molecule has 4 rings (SSSR count). The third kappa shape index (κ3) is 5.04. The van der Waals surface area contributed by atoms with Gasteiger partial charge in [-0.3, -0.25) is 9.69 Å². The minimum absolute atomic E-state index is 0.326. The molecule has 0 aromatic heterocycles. The van der Waals surface area contributed by atoms with Crippen molar-refractivity contribution >= 4 is 35.1 Å². The van der Waals surface area contributed by atoms with E-state index in [0.717, 1.165) is 0 Å². The Morgan fingerprint density at radius 1 is 0.844 bits per heavy atom. The zero-order valence-electron chi connectivity index (χ0n) is 17.2. The van der Waals surface area contributed by atoms with E-state index in [4.69, 9.17) is 4.74 Å². The lowest BCUT2D eigenvalue weighted by Gasteiger charge is -2.20. The largest absolute Gasteiger partial charge is 0.447 e. The van der Waals surface area contributed by atoms with Gasteiger partial charge >= 0.3 is 12.1 Å². The monoisotopic (exact) mass is 430 g/mol. The Kier molecular flexibility index (Phi) is 6.31. The van der Waals surface area contributed by atoms with Crippen LogP contribution in [0.4, 0.5) is 26.7 Å². The van der Waals surface area contributed by atoms with Crippen molar-refractivity contribution in [1.82, 2.24) is 5.32 Å². The quantitative estimate of drug-likeness (QED) is 0.547. The van der Waals surface area contributed by atoms with Crippen LogP contribution in [0, 0.1) is 0 Å². The second-order valence-electron chi connectivity index (χ2n) is 7.11. The molecule has 0 saturated carbocycles. The first-order valence-electron chi connectivity index (χ1n) is 10.1. The molecule has 4 amide bonds. The molecule has 8 nitrogen and oxygen atoms in total. The van der Waals surface area contributed by atoms with Crippen LogP contribution in [-0.4, -0.2) is 31.2 Å². The fraction of sp³-hybridized carbons (Fsp3) is 0.125. The highest BCUT2D eigenvalue weighted by Gasteiger charge is 2.25. The van der Waals surface area contributed by atoms with Gasteiger partial charge in [-0.05, 0) is 35.9 Å². The summed E-state index contributed by atoms with van der Waals surface area (Å²) in [4.78, 5) is 39.0. The van der Waals surface area contributed by atoms with Gasteiger partial charge in [0.2, 0.25) is 0 Å². The van der Waals surface area contributed by atoms with Crippen LogP contribution in [0.5, 0.6) is 0 Å². The van der Waals surface area contributed by atoms with Crippen LogP contribution >= 0.6 is 0 Å². The molecule has 1 fully saturated rings. The summed E-state index contributed by atoms with van der Waals surface area (Å²) in [7, 11) is 0. The number of benzene rings is 3. The van der Waals surface area contributed by atoms with E-state index in [1.807, 2.05) is 24.3 Å². The maximum atomic E-state index is 13.0. The zero-order chi connectivity index (χ0) is 22.3. The van der Waals surface area contributed by atoms with E-state index in [0.29, 0.717) is 35.8 Å². The number of anilines is 3. The SMILES string of the molecule is O=C(Nc1cccc(N2CCOC2=O)c1)NC(C(=O)Nc1ccccc1)c1ccccc1. The first kappa shape index (κ1) is 20.9. The summed E-state index contributed by atoms with van der Waals surface area (Å²) < 4.78 is 4.96. The van der Waals surface area contributed by atoms with E-state index in [-0.39, 0.29) is 5.91 Å². The van der Waals surface area contributed by atoms with E-state index >= 15 is 0 Å². The summed E-state index contributed by atoms with van der Waals surface area (Å²) in [6, 6.07) is 23.4. The fourth-order valence-electron chi connectivity index (χ4n) is 3.36. The predicted molar refractivity (Wildman–Crippen MR) is 122 cm³/mol. The lowest BCUT2D eigenvalue weighted by atomic mass is 10.1. The number of urea groups is 1. The van der Waals surface area contributed by atoms with Crippen molar-refractivity contribution in [1.29, 1.82) is 0 Å². The molecule has 0 aliphatic carbocycles. The molecule has 0 spiro atoms. The van der Waals surface area contributed by atoms with E-state index in [1.165, 1.54) is 4.90 Å². The summed E-state index contributed by atoms with van der Waals surface area (Å²) >= 11 is 0. The molecule has 3 aromatic carbocycles. The average molecular weight is 430 g/mol. The van der Waals surface area contributed by atoms with E-state index in [2.05, 4.69) is 16.0 Å². The van der Waals surface area contributed by atoms with Gasteiger partial charge in [0.1, 0.15) is 12.6 Å². The van der Waals surface area contributed by atoms with Gasteiger partial charge < -0.3 is 20.7 Å². The minimum Gasteiger partial charge on any atom is -0.447 e. The second-order valence-corrected chi connectivity index (χ2v) is 7.11. The first-order chi connectivity index (χ1) is 15.6. The Morgan fingerprint density at radius 3 is 2.22 bits per heavy atom. The van der Waals surface area contributed by atoms with Gasteiger partial charge in [-0.1, -0.05) is 54.6 Å². The summed E-state index contributed by atoms with van der Waals surface area (Å²) in [5, 5.41) is 8.28. The van der Waals surface area contributed by atoms with Crippen molar-refractivity contribution in [2.45, 2.75) is 6.04 Å². The van der Waals surface area contributed by atoms with Gasteiger partial charge in [0, 0.05) is 17.1 Å². The average Bonchev–Trinajstić information content (AvgIpc) is 3.25. The standard InChI is InChI=1S/C24H22N4O4/c29-22(25-18-10-5-2-6-11-18)21(17-8-3-1-4-9-17)27-23(30)26-19-12-7-13-20(16-19)28-14-15-32-24(28)31/h1-13,16,21H,14-15H2,(H,25,29)(H2,26,27,30). The summed E-state index contributed by atoms with van der Waals surface area (Å²) in [5.41, 5.74) is 2.37. The number of ether oxygens (including phenoxy) is 1. The lowest BCUT2D eigenvalue weighted by molar-refractivity contribution is -0.118. The lowest BCUT2D eigenvalue weighted by Crippen LogP contribution is -2.39. The van der Waals surface area contributed by atoms with Crippen molar-refractivity contribution in [3.05, 3.63) is 90.5 Å². The molecule has 0 radical (unpaired) electrons. The highest BCUT2D eigenvalue weighted by Crippen LogP contribution is 2.23. The van der Waals surface area contributed by atoms with Crippen molar-refractivity contribution in [3.63, 3.8) is 0 Å². The number of rotatable bonds is 6. The Morgan fingerprint density at radius 2 is 1.53 bits per heavy atom. The minimum atomic E-state index is -0.909. The van der Waals surface area contributed by atoms with Crippen molar-refractivity contribution in [2.24, 2.45) is 0 Å². The topological polar surface area (TPSA) is 99.8 Å². The van der Waals surface area contributed by atoms with Gasteiger partial charge in [-0.25, -0.2) is 9.59 Å². The maximum Gasteiger partial charge on any atom is 0.414 e. The van der Waals surface area contributed by atoms with E-state index in [1.54, 1.807) is 60.7 Å². The molecule has 1 unspecified atom stereocenters. The molecule has 1 atom stereocenters. The van der Waals surface area contributed by atoms with E-state index < -0.39 is 18.2 Å². The Hall–Kier alpha value is -4.33. The Labute approximate surface area is 185 Å². The van der Waals surface area contributed by atoms with Gasteiger partial charge in [0.15, 0.2) is 0 Å². The Bertz CT molecular complexity index is 1110. The summed E-state index contributed by atoms with van der Waals surface area (Å²) in [6.45, 7) is 0.774. The molecule has 32 heavy (non-hydrogen) atoms. The van der Waals surface area contributed by atoms with Crippen molar-refractivity contribution < 1.29 is 19.1 Å². The number of nitrogens with one attached hydrogen (secondary N) is 3. The van der Waals surface area contributed by atoms with Crippen LogP contribution < -0.4 is 20.9 Å². The number of amides is 4. The highest BCUT2D eigenvalue weighted by molar-refractivity contribution is 6.00. The number of para-hydroxylation sites is 1. The van der Waals surface area contributed by atoms with Crippen LogP contribution in [0.25, 0.3) is 0 Å². The van der Waals surface area contributed by atoms with Crippen molar-refractivity contribution in [3.8, 4) is 0 Å². The number of cyclic esters (lactones) is 1. The van der Waals surface area contributed by atoms with Crippen LogP contribution in [0.15, 0.2) is 84.9 Å². The molecule has 1 saturated heterocycles. The second kappa shape index (κ2) is 9.65. The molecule has 1 heterocycles. The molecule has 3 N–H and O–H groups in total. The van der Waals surface area contributed by atoms with E-state index in [9.17, 15) is 14.4 Å². The predicted octanol–water partition coefficient (Wildman–Crippen LogP) is 4.14. The third-order valence-corrected chi connectivity index (χ3v) is 4.89. The van der Waals surface area contributed by atoms with Crippen LogP contribution in [-0.2, 0) is 9.53 Å². The molecule has 3 aromatic rings. The number of nitrogens with zero attached hydrogens (tertiary/aromatic N) is 1. The van der Waals surface area contributed by atoms with Gasteiger partial charge in [-0.15, -0.1) is 0 Å². The summed E-state index contributed by atoms with van der Waals surface area (Å²) in [5.74, 6) is -0.369.